The van der Waals surface area contributed by atoms with Crippen molar-refractivity contribution >= 4 is 17.5 Å². The van der Waals surface area contributed by atoms with Crippen molar-refractivity contribution in [1.29, 1.82) is 0 Å². The molecule has 2 aromatic carbocycles. The van der Waals surface area contributed by atoms with Crippen molar-refractivity contribution in [3.8, 4) is 17.2 Å². The first kappa shape index (κ1) is 25.1. The molecule has 36 heavy (non-hydrogen) atoms. The number of benzene rings is 2. The van der Waals surface area contributed by atoms with Crippen LogP contribution in [0, 0.1) is 0 Å². The Hall–Kier alpha value is -4.01. The third kappa shape index (κ3) is 5.30. The van der Waals surface area contributed by atoms with Gasteiger partial charge in [0.05, 0.1) is 31.1 Å². The number of anilines is 2. The predicted octanol–water partition coefficient (Wildman–Crippen LogP) is 5.18. The first-order chi connectivity index (χ1) is 17.6. The number of ether oxygens (including phenoxy) is 3. The summed E-state index contributed by atoms with van der Waals surface area (Å²) in [6.07, 6.45) is 3.47. The van der Waals surface area contributed by atoms with Crippen LogP contribution in [0.1, 0.15) is 52.1 Å². The molecule has 4 rings (SSSR count). The van der Waals surface area contributed by atoms with Gasteiger partial charge in [0.15, 0.2) is 11.5 Å². The lowest BCUT2D eigenvalue weighted by atomic mass is 9.94. The minimum Gasteiger partial charge on any atom is -0.492 e. The Kier molecular flexibility index (Phi) is 8.10. The SMILES string of the molecule is CCCCOc1ccc(C2C(C(=O)Nc3ccccc3OCC)=C(C)Nc3ncnn32)cc1OCC. The van der Waals surface area contributed by atoms with Crippen LogP contribution in [-0.2, 0) is 4.79 Å². The van der Waals surface area contributed by atoms with E-state index in [1.165, 1.54) is 6.33 Å². The second-order valence-corrected chi connectivity index (χ2v) is 8.32. The fourth-order valence-corrected chi connectivity index (χ4v) is 4.14. The van der Waals surface area contributed by atoms with E-state index >= 15 is 0 Å². The van der Waals surface area contributed by atoms with Crippen molar-refractivity contribution in [3.05, 3.63) is 65.6 Å². The zero-order valence-corrected chi connectivity index (χ0v) is 21.2. The van der Waals surface area contributed by atoms with Crippen molar-refractivity contribution in [2.45, 2.75) is 46.6 Å². The van der Waals surface area contributed by atoms with Crippen LogP contribution in [0.25, 0.3) is 0 Å². The molecule has 1 amide bonds. The van der Waals surface area contributed by atoms with Gasteiger partial charge in [-0.1, -0.05) is 31.5 Å². The second kappa shape index (κ2) is 11.6. The first-order valence-corrected chi connectivity index (χ1v) is 12.4. The molecule has 2 heterocycles. The number of unbranched alkanes of at least 4 members (excludes halogenated alkanes) is 1. The summed E-state index contributed by atoms with van der Waals surface area (Å²) in [5.41, 5.74) is 2.63. The Morgan fingerprint density at radius 3 is 2.58 bits per heavy atom. The van der Waals surface area contributed by atoms with Crippen molar-refractivity contribution in [2.75, 3.05) is 30.5 Å². The van der Waals surface area contributed by atoms with E-state index in [1.54, 1.807) is 4.68 Å². The van der Waals surface area contributed by atoms with Crippen LogP contribution >= 0.6 is 0 Å². The molecule has 0 bridgehead atoms. The van der Waals surface area contributed by atoms with Gasteiger partial charge in [-0.25, -0.2) is 4.68 Å². The maximum Gasteiger partial charge on any atom is 0.255 e. The molecular formula is C27H33N5O4. The highest BCUT2D eigenvalue weighted by Crippen LogP contribution is 2.39. The van der Waals surface area contributed by atoms with Crippen LogP contribution in [0.4, 0.5) is 11.6 Å². The van der Waals surface area contributed by atoms with Gasteiger partial charge in [0.2, 0.25) is 5.95 Å². The Balaban J connectivity index is 1.72. The van der Waals surface area contributed by atoms with E-state index in [2.05, 4.69) is 27.6 Å². The quantitative estimate of drug-likeness (QED) is 0.357. The number of rotatable bonds is 11. The topological polar surface area (TPSA) is 99.5 Å². The van der Waals surface area contributed by atoms with Crippen LogP contribution in [-0.4, -0.2) is 40.5 Å². The summed E-state index contributed by atoms with van der Waals surface area (Å²) < 4.78 is 19.3. The van der Waals surface area contributed by atoms with E-state index in [-0.39, 0.29) is 5.91 Å². The zero-order chi connectivity index (χ0) is 25.5. The minimum absolute atomic E-state index is 0.264. The van der Waals surface area contributed by atoms with Crippen LogP contribution < -0.4 is 24.8 Å². The zero-order valence-electron chi connectivity index (χ0n) is 21.2. The largest absolute Gasteiger partial charge is 0.492 e. The normalized spacial score (nSPS) is 14.6. The summed E-state index contributed by atoms with van der Waals surface area (Å²) in [5, 5.41) is 10.7. The van der Waals surface area contributed by atoms with E-state index in [1.807, 2.05) is 63.2 Å². The molecule has 3 aromatic rings. The van der Waals surface area contributed by atoms with Crippen LogP contribution in [0.2, 0.25) is 0 Å². The highest BCUT2D eigenvalue weighted by atomic mass is 16.5. The maximum atomic E-state index is 13.7. The van der Waals surface area contributed by atoms with E-state index in [9.17, 15) is 4.79 Å². The summed E-state index contributed by atoms with van der Waals surface area (Å²) in [6, 6.07) is 12.6. The van der Waals surface area contributed by atoms with Gasteiger partial charge in [-0.3, -0.25) is 4.79 Å². The van der Waals surface area contributed by atoms with Gasteiger partial charge < -0.3 is 24.8 Å². The van der Waals surface area contributed by atoms with E-state index in [0.29, 0.717) is 60.0 Å². The third-order valence-electron chi connectivity index (χ3n) is 5.81. The lowest BCUT2D eigenvalue weighted by molar-refractivity contribution is -0.113. The molecule has 2 N–H and O–H groups in total. The molecule has 1 unspecified atom stereocenters. The summed E-state index contributed by atoms with van der Waals surface area (Å²) in [4.78, 5) is 18.0. The first-order valence-electron chi connectivity index (χ1n) is 12.4. The molecule has 190 valence electrons. The van der Waals surface area contributed by atoms with E-state index in [0.717, 1.165) is 18.4 Å². The molecule has 0 fully saturated rings. The molecule has 9 nitrogen and oxygen atoms in total. The number of aromatic nitrogens is 3. The lowest BCUT2D eigenvalue weighted by Gasteiger charge is -2.29. The molecular weight excluding hydrogens is 458 g/mol. The van der Waals surface area contributed by atoms with Gasteiger partial charge in [-0.15, -0.1) is 0 Å². The summed E-state index contributed by atoms with van der Waals surface area (Å²) in [7, 11) is 0. The molecule has 0 radical (unpaired) electrons. The number of hydrogen-bond donors (Lipinski definition) is 2. The number of allylic oxidation sites excluding steroid dienone is 1. The molecule has 1 atom stereocenters. The maximum absolute atomic E-state index is 13.7. The average molecular weight is 492 g/mol. The number of amides is 1. The third-order valence-corrected chi connectivity index (χ3v) is 5.81. The van der Waals surface area contributed by atoms with Gasteiger partial charge in [-0.2, -0.15) is 10.1 Å². The summed E-state index contributed by atoms with van der Waals surface area (Å²) in [5.74, 6) is 2.22. The number of hydrogen-bond acceptors (Lipinski definition) is 7. The summed E-state index contributed by atoms with van der Waals surface area (Å²) >= 11 is 0. The number of carbonyl (C=O) groups excluding carboxylic acids is 1. The number of para-hydroxylation sites is 2. The minimum atomic E-state index is -0.521. The Morgan fingerprint density at radius 2 is 1.81 bits per heavy atom. The molecule has 0 spiro atoms. The summed E-state index contributed by atoms with van der Waals surface area (Å²) in [6.45, 7) is 9.42. The molecule has 1 aliphatic heterocycles. The highest BCUT2D eigenvalue weighted by Gasteiger charge is 2.34. The van der Waals surface area contributed by atoms with Gasteiger partial charge >= 0.3 is 0 Å². The Morgan fingerprint density at radius 1 is 1.03 bits per heavy atom. The van der Waals surface area contributed by atoms with Crippen LogP contribution in [0.3, 0.4) is 0 Å². The number of nitrogens with zero attached hydrogens (tertiary/aromatic N) is 3. The van der Waals surface area contributed by atoms with Crippen LogP contribution in [0.15, 0.2) is 60.1 Å². The molecule has 9 heteroatoms. The highest BCUT2D eigenvalue weighted by molar-refractivity contribution is 6.06. The van der Waals surface area contributed by atoms with E-state index < -0.39 is 6.04 Å². The van der Waals surface area contributed by atoms with Crippen molar-refractivity contribution in [2.24, 2.45) is 0 Å². The fourth-order valence-electron chi connectivity index (χ4n) is 4.14. The number of carbonyl (C=O) groups is 1. The van der Waals surface area contributed by atoms with Crippen molar-refractivity contribution in [1.82, 2.24) is 14.8 Å². The van der Waals surface area contributed by atoms with Crippen LogP contribution in [0.5, 0.6) is 17.2 Å². The van der Waals surface area contributed by atoms with Gasteiger partial charge in [0.1, 0.15) is 18.1 Å². The lowest BCUT2D eigenvalue weighted by Crippen LogP contribution is -2.31. The number of nitrogens with one attached hydrogen (secondary N) is 2. The molecule has 1 aliphatic rings. The van der Waals surface area contributed by atoms with Crippen molar-refractivity contribution in [3.63, 3.8) is 0 Å². The molecule has 0 aliphatic carbocycles. The molecule has 0 saturated heterocycles. The van der Waals surface area contributed by atoms with Gasteiger partial charge in [-0.05, 0) is 57.0 Å². The number of fused-ring (bicyclic) bond motifs is 1. The van der Waals surface area contributed by atoms with Gasteiger partial charge in [0.25, 0.3) is 5.91 Å². The molecule has 0 saturated carbocycles. The second-order valence-electron chi connectivity index (χ2n) is 8.32. The van der Waals surface area contributed by atoms with Gasteiger partial charge in [0, 0.05) is 5.70 Å². The Bertz CT molecular complexity index is 1240. The monoisotopic (exact) mass is 491 g/mol. The van der Waals surface area contributed by atoms with E-state index in [4.69, 9.17) is 14.2 Å². The fraction of sp³-hybridized carbons (Fsp3) is 0.370. The predicted molar refractivity (Wildman–Crippen MR) is 139 cm³/mol. The average Bonchev–Trinajstić information content (AvgIpc) is 3.33. The Labute approximate surface area is 211 Å². The van der Waals surface area contributed by atoms with Crippen molar-refractivity contribution < 1.29 is 19.0 Å². The smallest absolute Gasteiger partial charge is 0.255 e. The standard InChI is InChI=1S/C27H33N5O4/c1-5-8-15-36-22-14-13-19(16-23(22)35-7-3)25-24(18(4)30-27-28-17-29-32(25)27)26(33)31-20-11-9-10-12-21(20)34-6-2/h9-14,16-17,25H,5-8,15H2,1-4H3,(H,31,33)(H,28,29,30). The molecule has 1 aromatic heterocycles.